The second kappa shape index (κ2) is 8.58. The molecule has 0 aliphatic rings. The van der Waals surface area contributed by atoms with E-state index >= 15 is 0 Å². The van der Waals surface area contributed by atoms with Gasteiger partial charge < -0.3 is 0 Å². The molecule has 0 aliphatic heterocycles. The third kappa shape index (κ3) is 6.21. The SMILES string of the molecule is CCC=CCC=CC(CC)CC. The molecule has 0 unspecified atom stereocenters. The molecule has 0 atom stereocenters. The normalized spacial score (nSPS) is 12.3. The van der Waals surface area contributed by atoms with E-state index in [1.807, 2.05) is 0 Å². The first-order valence-corrected chi connectivity index (χ1v) is 5.16. The van der Waals surface area contributed by atoms with Crippen LogP contribution < -0.4 is 0 Å². The maximum absolute atomic E-state index is 2.35. The highest BCUT2D eigenvalue weighted by atomic mass is 14.0. The first-order chi connectivity index (χ1) is 5.85. The first kappa shape index (κ1) is 11.5. The third-order valence-corrected chi connectivity index (χ3v) is 2.13. The van der Waals surface area contributed by atoms with Crippen molar-refractivity contribution in [2.24, 2.45) is 5.92 Å². The van der Waals surface area contributed by atoms with Crippen LogP contribution in [0.25, 0.3) is 0 Å². The zero-order chi connectivity index (χ0) is 9.23. The Balaban J connectivity index is 3.52. The summed E-state index contributed by atoms with van der Waals surface area (Å²) in [5.74, 6) is 0.792. The summed E-state index contributed by atoms with van der Waals surface area (Å²) in [6, 6.07) is 0. The van der Waals surface area contributed by atoms with Crippen LogP contribution in [-0.2, 0) is 0 Å². The highest BCUT2D eigenvalue weighted by Crippen LogP contribution is 2.09. The van der Waals surface area contributed by atoms with E-state index < -0.39 is 0 Å². The molecule has 12 heavy (non-hydrogen) atoms. The lowest BCUT2D eigenvalue weighted by Gasteiger charge is -2.03. The molecule has 0 aromatic carbocycles. The Bertz CT molecular complexity index is 127. The fraction of sp³-hybridized carbons (Fsp3) is 0.667. The molecule has 0 bridgehead atoms. The van der Waals surface area contributed by atoms with Gasteiger partial charge in [-0.25, -0.2) is 0 Å². The Hall–Kier alpha value is -0.520. The van der Waals surface area contributed by atoms with Crippen molar-refractivity contribution in [3.05, 3.63) is 24.3 Å². The predicted octanol–water partition coefficient (Wildman–Crippen LogP) is 4.34. The van der Waals surface area contributed by atoms with Gasteiger partial charge in [0.1, 0.15) is 0 Å². The molecular weight excluding hydrogens is 144 g/mol. The minimum absolute atomic E-state index is 0.792. The largest absolute Gasteiger partial charge is 0.0885 e. The van der Waals surface area contributed by atoms with Crippen molar-refractivity contribution >= 4 is 0 Å². The van der Waals surface area contributed by atoms with E-state index in [-0.39, 0.29) is 0 Å². The van der Waals surface area contributed by atoms with Gasteiger partial charge in [0.25, 0.3) is 0 Å². The molecule has 0 aliphatic carbocycles. The summed E-state index contributed by atoms with van der Waals surface area (Å²) in [6.07, 6.45) is 13.9. The number of hydrogen-bond acceptors (Lipinski definition) is 0. The van der Waals surface area contributed by atoms with Crippen molar-refractivity contribution in [1.82, 2.24) is 0 Å². The van der Waals surface area contributed by atoms with Crippen LogP contribution in [0.1, 0.15) is 46.5 Å². The molecule has 0 saturated carbocycles. The van der Waals surface area contributed by atoms with E-state index in [9.17, 15) is 0 Å². The van der Waals surface area contributed by atoms with Crippen LogP contribution in [0.2, 0.25) is 0 Å². The lowest BCUT2D eigenvalue weighted by Crippen LogP contribution is -1.89. The molecule has 0 fully saturated rings. The summed E-state index contributed by atoms with van der Waals surface area (Å²) in [7, 11) is 0. The quantitative estimate of drug-likeness (QED) is 0.515. The molecule has 0 radical (unpaired) electrons. The van der Waals surface area contributed by atoms with Crippen molar-refractivity contribution in [2.45, 2.75) is 46.5 Å². The molecule has 0 N–H and O–H groups in total. The molecule has 0 heterocycles. The smallest absolute Gasteiger partial charge is 0.0169 e. The van der Waals surface area contributed by atoms with E-state index in [1.54, 1.807) is 0 Å². The van der Waals surface area contributed by atoms with Crippen molar-refractivity contribution in [3.63, 3.8) is 0 Å². The second-order valence-electron chi connectivity index (χ2n) is 3.12. The monoisotopic (exact) mass is 166 g/mol. The van der Waals surface area contributed by atoms with Gasteiger partial charge in [-0.2, -0.15) is 0 Å². The van der Waals surface area contributed by atoms with Crippen LogP contribution in [0.3, 0.4) is 0 Å². The minimum atomic E-state index is 0.792. The van der Waals surface area contributed by atoms with E-state index in [2.05, 4.69) is 45.1 Å². The minimum Gasteiger partial charge on any atom is -0.0885 e. The molecule has 0 nitrogen and oxygen atoms in total. The van der Waals surface area contributed by atoms with Crippen LogP contribution in [-0.4, -0.2) is 0 Å². The van der Waals surface area contributed by atoms with Crippen LogP contribution in [0.5, 0.6) is 0 Å². The van der Waals surface area contributed by atoms with Gasteiger partial charge in [0, 0.05) is 0 Å². The molecule has 70 valence electrons. The Morgan fingerprint density at radius 3 is 2.08 bits per heavy atom. The van der Waals surface area contributed by atoms with Crippen LogP contribution in [0.15, 0.2) is 24.3 Å². The standard InChI is InChI=1S/C12H22/c1-4-7-8-9-10-11-12(5-2)6-3/h7-8,10-12H,4-6,9H2,1-3H3. The molecule has 0 aromatic heterocycles. The lowest BCUT2D eigenvalue weighted by atomic mass is 10.0. The third-order valence-electron chi connectivity index (χ3n) is 2.13. The zero-order valence-corrected chi connectivity index (χ0v) is 8.72. The van der Waals surface area contributed by atoms with Gasteiger partial charge in [0.2, 0.25) is 0 Å². The van der Waals surface area contributed by atoms with Crippen molar-refractivity contribution in [2.75, 3.05) is 0 Å². The summed E-state index contributed by atoms with van der Waals surface area (Å²) >= 11 is 0. The average Bonchev–Trinajstić information content (AvgIpc) is 2.11. The summed E-state index contributed by atoms with van der Waals surface area (Å²) < 4.78 is 0. The number of hydrogen-bond donors (Lipinski definition) is 0. The average molecular weight is 166 g/mol. The maximum Gasteiger partial charge on any atom is -0.0169 e. The van der Waals surface area contributed by atoms with Crippen LogP contribution in [0, 0.1) is 5.92 Å². The van der Waals surface area contributed by atoms with Crippen molar-refractivity contribution in [1.29, 1.82) is 0 Å². The Labute approximate surface area is 77.4 Å². The predicted molar refractivity (Wildman–Crippen MR) is 57.3 cm³/mol. The molecular formula is C12H22. The highest BCUT2D eigenvalue weighted by molar-refractivity contribution is 4.94. The summed E-state index contributed by atoms with van der Waals surface area (Å²) in [5, 5.41) is 0. The van der Waals surface area contributed by atoms with Gasteiger partial charge in [-0.05, 0) is 31.6 Å². The van der Waals surface area contributed by atoms with Gasteiger partial charge in [0.05, 0.1) is 0 Å². The fourth-order valence-electron chi connectivity index (χ4n) is 1.17. The van der Waals surface area contributed by atoms with Crippen molar-refractivity contribution < 1.29 is 0 Å². The van der Waals surface area contributed by atoms with Crippen LogP contribution in [0.4, 0.5) is 0 Å². The van der Waals surface area contributed by atoms with Gasteiger partial charge in [-0.3, -0.25) is 0 Å². The highest BCUT2D eigenvalue weighted by Gasteiger charge is 1.94. The molecule has 0 spiro atoms. The number of allylic oxidation sites excluding steroid dienone is 4. The lowest BCUT2D eigenvalue weighted by molar-refractivity contribution is 0.605. The zero-order valence-electron chi connectivity index (χ0n) is 8.72. The molecule has 0 heteroatoms. The topological polar surface area (TPSA) is 0 Å². The van der Waals surface area contributed by atoms with E-state index in [0.717, 1.165) is 18.8 Å². The molecule has 0 saturated heterocycles. The number of rotatable bonds is 6. The van der Waals surface area contributed by atoms with E-state index in [4.69, 9.17) is 0 Å². The summed E-state index contributed by atoms with van der Waals surface area (Å²) in [6.45, 7) is 6.67. The maximum atomic E-state index is 2.35. The van der Waals surface area contributed by atoms with E-state index in [0.29, 0.717) is 0 Å². The Kier molecular flexibility index (Phi) is 8.20. The van der Waals surface area contributed by atoms with Gasteiger partial charge in [-0.1, -0.05) is 45.1 Å². The fourth-order valence-corrected chi connectivity index (χ4v) is 1.17. The van der Waals surface area contributed by atoms with Gasteiger partial charge in [-0.15, -0.1) is 0 Å². The van der Waals surface area contributed by atoms with Gasteiger partial charge >= 0.3 is 0 Å². The second-order valence-corrected chi connectivity index (χ2v) is 3.12. The Morgan fingerprint density at radius 2 is 1.58 bits per heavy atom. The van der Waals surface area contributed by atoms with Crippen LogP contribution >= 0.6 is 0 Å². The van der Waals surface area contributed by atoms with E-state index in [1.165, 1.54) is 12.8 Å². The molecule has 0 aromatic rings. The van der Waals surface area contributed by atoms with Gasteiger partial charge in [0.15, 0.2) is 0 Å². The molecule has 0 amide bonds. The summed E-state index contributed by atoms with van der Waals surface area (Å²) in [5.41, 5.74) is 0. The summed E-state index contributed by atoms with van der Waals surface area (Å²) in [4.78, 5) is 0. The van der Waals surface area contributed by atoms with Crippen molar-refractivity contribution in [3.8, 4) is 0 Å². The first-order valence-electron chi connectivity index (χ1n) is 5.16. The molecule has 0 rings (SSSR count). The Morgan fingerprint density at radius 1 is 0.917 bits per heavy atom.